The number of likely N-dealkylation sites (tertiary alicyclic amines) is 1. The van der Waals surface area contributed by atoms with Crippen molar-refractivity contribution in [1.29, 1.82) is 0 Å². The minimum atomic E-state index is -0.147. The Kier molecular flexibility index (Phi) is 6.07. The maximum absolute atomic E-state index is 13.2. The van der Waals surface area contributed by atoms with Crippen LogP contribution in [0.1, 0.15) is 46.6 Å². The Balaban J connectivity index is 1.42. The summed E-state index contributed by atoms with van der Waals surface area (Å²) >= 11 is 0. The third-order valence-corrected chi connectivity index (χ3v) is 6.35. The Labute approximate surface area is 182 Å². The molecule has 1 aliphatic heterocycles. The molecule has 1 aromatic heterocycles. The van der Waals surface area contributed by atoms with Crippen molar-refractivity contribution in [2.24, 2.45) is 5.92 Å². The summed E-state index contributed by atoms with van der Waals surface area (Å²) in [6.45, 7) is 5.17. The number of ketones is 1. The zero-order chi connectivity index (χ0) is 22.0. The normalized spacial score (nSPS) is 16.5. The lowest BCUT2D eigenvalue weighted by molar-refractivity contribution is -0.132. The smallest absolute Gasteiger partial charge is 0.222 e. The van der Waals surface area contributed by atoms with Gasteiger partial charge < -0.3 is 9.64 Å². The van der Waals surface area contributed by atoms with Crippen LogP contribution in [0.15, 0.2) is 36.4 Å². The van der Waals surface area contributed by atoms with Gasteiger partial charge in [0.25, 0.3) is 0 Å². The molecule has 0 aliphatic carbocycles. The first kappa shape index (κ1) is 21.1. The molecular formula is C25H29N3O3. The molecule has 2 aromatic carbocycles. The van der Waals surface area contributed by atoms with Gasteiger partial charge >= 0.3 is 0 Å². The zero-order valence-electron chi connectivity index (χ0n) is 18.4. The van der Waals surface area contributed by atoms with Crippen LogP contribution in [-0.4, -0.2) is 47.0 Å². The average Bonchev–Trinajstić information content (AvgIpc) is 3.13. The number of carbonyl (C=O) groups is 2. The lowest BCUT2D eigenvalue weighted by Crippen LogP contribution is -2.42. The van der Waals surface area contributed by atoms with Crippen LogP contribution in [0.3, 0.4) is 0 Å². The Morgan fingerprint density at radius 3 is 2.68 bits per heavy atom. The number of ether oxygens (including phenoxy) is 1. The highest BCUT2D eigenvalue weighted by Crippen LogP contribution is 2.26. The van der Waals surface area contributed by atoms with Crippen LogP contribution in [0, 0.1) is 19.8 Å². The molecule has 6 heteroatoms. The fourth-order valence-corrected chi connectivity index (χ4v) is 4.49. The van der Waals surface area contributed by atoms with E-state index in [1.165, 1.54) is 0 Å². The maximum Gasteiger partial charge on any atom is 0.222 e. The molecule has 1 amide bonds. The Morgan fingerprint density at radius 1 is 1.16 bits per heavy atom. The summed E-state index contributed by atoms with van der Waals surface area (Å²) in [7, 11) is 1.65. The lowest BCUT2D eigenvalue weighted by atomic mass is 9.89. The third kappa shape index (κ3) is 4.48. The van der Waals surface area contributed by atoms with Crippen LogP contribution in [0.4, 0.5) is 0 Å². The molecule has 1 atom stereocenters. The zero-order valence-corrected chi connectivity index (χ0v) is 18.4. The summed E-state index contributed by atoms with van der Waals surface area (Å²) in [5.41, 5.74) is 3.80. The summed E-state index contributed by atoms with van der Waals surface area (Å²) in [5.74, 6) is 0.888. The number of hydrogen-bond donors (Lipinski definition) is 1. The van der Waals surface area contributed by atoms with Crippen LogP contribution in [0.2, 0.25) is 0 Å². The number of fused-ring (bicyclic) bond motifs is 1. The molecule has 4 rings (SSSR count). The number of Topliss-reactive ketones (excluding diaryl/α,β-unsaturated/α-hetero) is 1. The summed E-state index contributed by atoms with van der Waals surface area (Å²) in [5, 5.41) is 9.24. The van der Waals surface area contributed by atoms with Crippen molar-refractivity contribution in [3.8, 4) is 5.75 Å². The second-order valence-corrected chi connectivity index (χ2v) is 8.38. The van der Waals surface area contributed by atoms with Gasteiger partial charge in [-0.2, -0.15) is 5.10 Å². The number of aryl methyl sites for hydroxylation is 2. The molecule has 0 spiro atoms. The first-order valence-corrected chi connectivity index (χ1v) is 10.9. The predicted molar refractivity (Wildman–Crippen MR) is 121 cm³/mol. The van der Waals surface area contributed by atoms with E-state index in [-0.39, 0.29) is 17.6 Å². The maximum atomic E-state index is 13.2. The molecule has 2 heterocycles. The summed E-state index contributed by atoms with van der Waals surface area (Å²) < 4.78 is 5.28. The highest BCUT2D eigenvalue weighted by Gasteiger charge is 2.29. The van der Waals surface area contributed by atoms with Gasteiger partial charge in [0.15, 0.2) is 5.78 Å². The topological polar surface area (TPSA) is 75.3 Å². The molecule has 1 unspecified atom stereocenters. The molecule has 31 heavy (non-hydrogen) atoms. The van der Waals surface area contributed by atoms with Gasteiger partial charge in [-0.1, -0.05) is 18.2 Å². The first-order chi connectivity index (χ1) is 15.0. The number of H-pyrrole nitrogens is 1. The number of aromatic amines is 1. The number of hydrogen-bond acceptors (Lipinski definition) is 4. The molecule has 3 aromatic rings. The number of methoxy groups -OCH3 is 1. The van der Waals surface area contributed by atoms with E-state index < -0.39 is 0 Å². The van der Waals surface area contributed by atoms with Gasteiger partial charge in [-0.25, -0.2) is 0 Å². The van der Waals surface area contributed by atoms with Crippen LogP contribution in [0.25, 0.3) is 10.8 Å². The van der Waals surface area contributed by atoms with Crippen LogP contribution in [0.5, 0.6) is 5.75 Å². The van der Waals surface area contributed by atoms with Gasteiger partial charge in [-0.05, 0) is 67.6 Å². The van der Waals surface area contributed by atoms with Gasteiger partial charge in [0, 0.05) is 36.7 Å². The fraction of sp³-hybridized carbons (Fsp3) is 0.400. The van der Waals surface area contributed by atoms with Crippen molar-refractivity contribution in [3.63, 3.8) is 0 Å². The van der Waals surface area contributed by atoms with E-state index in [0.717, 1.165) is 52.9 Å². The molecular weight excluding hydrogens is 390 g/mol. The van der Waals surface area contributed by atoms with Crippen molar-refractivity contribution in [1.82, 2.24) is 15.1 Å². The highest BCUT2D eigenvalue weighted by molar-refractivity contribution is 6.01. The lowest BCUT2D eigenvalue weighted by Gasteiger charge is -2.32. The summed E-state index contributed by atoms with van der Waals surface area (Å²) in [6, 6.07) is 11.6. The second kappa shape index (κ2) is 8.92. The minimum absolute atomic E-state index is 0.114. The van der Waals surface area contributed by atoms with E-state index >= 15 is 0 Å². The van der Waals surface area contributed by atoms with Gasteiger partial charge in [-0.15, -0.1) is 0 Å². The van der Waals surface area contributed by atoms with Gasteiger partial charge in [0.1, 0.15) is 5.75 Å². The van der Waals surface area contributed by atoms with E-state index in [1.54, 1.807) is 7.11 Å². The number of carbonyl (C=O) groups excluding carboxylic acids is 2. The number of amides is 1. The molecule has 0 saturated carbocycles. The van der Waals surface area contributed by atoms with Gasteiger partial charge in [-0.3, -0.25) is 14.7 Å². The number of piperidine rings is 1. The predicted octanol–water partition coefficient (Wildman–Crippen LogP) is 4.24. The van der Waals surface area contributed by atoms with Gasteiger partial charge in [0.05, 0.1) is 12.8 Å². The van der Waals surface area contributed by atoms with Crippen LogP contribution >= 0.6 is 0 Å². The Morgan fingerprint density at radius 2 is 1.94 bits per heavy atom. The number of benzene rings is 2. The monoisotopic (exact) mass is 419 g/mol. The van der Waals surface area contributed by atoms with Crippen molar-refractivity contribution >= 4 is 22.5 Å². The number of nitrogens with one attached hydrogen (secondary N) is 1. The number of rotatable bonds is 6. The van der Waals surface area contributed by atoms with Crippen molar-refractivity contribution in [3.05, 3.63) is 58.9 Å². The quantitative estimate of drug-likeness (QED) is 0.607. The number of aromatic nitrogens is 2. The Hall–Kier alpha value is -3.15. The van der Waals surface area contributed by atoms with Crippen molar-refractivity contribution < 1.29 is 14.3 Å². The second-order valence-electron chi connectivity index (χ2n) is 8.38. The number of nitrogens with zero attached hydrogens (tertiary/aromatic N) is 2. The summed E-state index contributed by atoms with van der Waals surface area (Å²) in [4.78, 5) is 27.9. The molecule has 6 nitrogen and oxygen atoms in total. The van der Waals surface area contributed by atoms with Crippen LogP contribution < -0.4 is 4.74 Å². The van der Waals surface area contributed by atoms with Crippen molar-refractivity contribution in [2.45, 2.75) is 39.5 Å². The standard InChI is InChI=1S/C25H29N3O3/c1-16-23(17(2)27-26-16)10-11-24(29)28-12-4-5-21(15-28)25(30)20-7-6-19-14-22(31-3)9-8-18(19)13-20/h6-9,13-14,21H,4-5,10-12,15H2,1-3H3,(H,26,27). The minimum Gasteiger partial charge on any atom is -0.497 e. The van der Waals surface area contributed by atoms with E-state index in [4.69, 9.17) is 4.74 Å². The molecule has 1 saturated heterocycles. The highest BCUT2D eigenvalue weighted by atomic mass is 16.5. The fourth-order valence-electron chi connectivity index (χ4n) is 4.49. The third-order valence-electron chi connectivity index (χ3n) is 6.35. The molecule has 1 N–H and O–H groups in total. The largest absolute Gasteiger partial charge is 0.497 e. The molecule has 162 valence electrons. The van der Waals surface area contributed by atoms with E-state index in [2.05, 4.69) is 10.2 Å². The molecule has 1 aliphatic rings. The summed E-state index contributed by atoms with van der Waals surface area (Å²) in [6.07, 6.45) is 2.80. The van der Waals surface area contributed by atoms with Gasteiger partial charge in [0.2, 0.25) is 5.91 Å². The van der Waals surface area contributed by atoms with E-state index in [9.17, 15) is 9.59 Å². The molecule has 0 radical (unpaired) electrons. The SMILES string of the molecule is COc1ccc2cc(C(=O)C3CCCN(C(=O)CCc4c(C)n[nH]c4C)C3)ccc2c1. The first-order valence-electron chi connectivity index (χ1n) is 10.9. The van der Waals surface area contributed by atoms with Crippen LogP contribution in [-0.2, 0) is 11.2 Å². The average molecular weight is 420 g/mol. The Bertz CT molecular complexity index is 1100. The van der Waals surface area contributed by atoms with Crippen molar-refractivity contribution in [2.75, 3.05) is 20.2 Å². The van der Waals surface area contributed by atoms with E-state index in [0.29, 0.717) is 24.9 Å². The van der Waals surface area contributed by atoms with E-state index in [1.807, 2.05) is 55.1 Å². The molecule has 1 fully saturated rings. The molecule has 0 bridgehead atoms.